The minimum atomic E-state index is -0.331. The summed E-state index contributed by atoms with van der Waals surface area (Å²) in [5.41, 5.74) is 6.50. The van der Waals surface area contributed by atoms with Crippen molar-refractivity contribution < 1.29 is 9.84 Å². The Labute approximate surface area is 131 Å². The number of methoxy groups -OCH3 is 1. The molecule has 21 heavy (non-hydrogen) atoms. The molecule has 1 unspecified atom stereocenters. The molecule has 0 radical (unpaired) electrons. The van der Waals surface area contributed by atoms with E-state index in [1.54, 1.807) is 7.11 Å². The summed E-state index contributed by atoms with van der Waals surface area (Å²) in [6.07, 6.45) is 0.324. The standard InChI is InChI=1S/C15H24ClN3O2/c1-21-15-13(16)3-2-4-14(15)19-9-7-18(8-10-19)11-12(20)5-6-17/h2-4,12,20H,5-11,17H2,1H3. The molecule has 0 aliphatic carbocycles. The van der Waals surface area contributed by atoms with Crippen LogP contribution in [-0.2, 0) is 0 Å². The maximum Gasteiger partial charge on any atom is 0.160 e. The van der Waals surface area contributed by atoms with Gasteiger partial charge >= 0.3 is 0 Å². The topological polar surface area (TPSA) is 62.0 Å². The second-order valence-electron chi connectivity index (χ2n) is 5.31. The first-order valence-electron chi connectivity index (χ1n) is 7.33. The predicted molar refractivity (Wildman–Crippen MR) is 86.3 cm³/mol. The lowest BCUT2D eigenvalue weighted by Gasteiger charge is -2.37. The Hall–Kier alpha value is -1.01. The number of para-hydroxylation sites is 1. The molecular formula is C15H24ClN3O2. The van der Waals surface area contributed by atoms with E-state index >= 15 is 0 Å². The molecule has 1 heterocycles. The Bertz CT molecular complexity index is 451. The van der Waals surface area contributed by atoms with Gasteiger partial charge in [0.1, 0.15) is 0 Å². The van der Waals surface area contributed by atoms with E-state index in [2.05, 4.69) is 9.80 Å². The van der Waals surface area contributed by atoms with E-state index in [0.29, 0.717) is 24.5 Å². The number of anilines is 1. The smallest absolute Gasteiger partial charge is 0.160 e. The molecular weight excluding hydrogens is 290 g/mol. The van der Waals surface area contributed by atoms with Crippen molar-refractivity contribution in [3.05, 3.63) is 23.2 Å². The lowest BCUT2D eigenvalue weighted by Crippen LogP contribution is -2.48. The van der Waals surface area contributed by atoms with E-state index in [9.17, 15) is 5.11 Å². The zero-order valence-corrected chi connectivity index (χ0v) is 13.2. The molecule has 1 atom stereocenters. The Kier molecular flexibility index (Phi) is 6.11. The molecule has 2 rings (SSSR count). The van der Waals surface area contributed by atoms with Gasteiger partial charge in [0, 0.05) is 32.7 Å². The van der Waals surface area contributed by atoms with Crippen molar-refractivity contribution in [2.75, 3.05) is 51.3 Å². The van der Waals surface area contributed by atoms with Gasteiger partial charge in [-0.3, -0.25) is 4.90 Å². The minimum Gasteiger partial charge on any atom is -0.493 e. The number of hydrogen-bond donors (Lipinski definition) is 2. The summed E-state index contributed by atoms with van der Waals surface area (Å²) in [6, 6.07) is 5.81. The molecule has 1 fully saturated rings. The molecule has 118 valence electrons. The van der Waals surface area contributed by atoms with Crippen LogP contribution in [0.4, 0.5) is 5.69 Å². The Morgan fingerprint density at radius 1 is 1.33 bits per heavy atom. The van der Waals surface area contributed by atoms with Gasteiger partial charge in [-0.1, -0.05) is 17.7 Å². The van der Waals surface area contributed by atoms with E-state index < -0.39 is 0 Å². The Morgan fingerprint density at radius 2 is 2.05 bits per heavy atom. The SMILES string of the molecule is COc1c(Cl)cccc1N1CCN(CC(O)CCN)CC1. The van der Waals surface area contributed by atoms with Crippen LogP contribution in [-0.4, -0.2) is 62.5 Å². The molecule has 0 spiro atoms. The van der Waals surface area contributed by atoms with Crippen LogP contribution in [0.1, 0.15) is 6.42 Å². The predicted octanol–water partition coefficient (Wildman–Crippen LogP) is 1.18. The second kappa shape index (κ2) is 7.84. The summed E-state index contributed by atoms with van der Waals surface area (Å²) in [7, 11) is 1.64. The lowest BCUT2D eigenvalue weighted by atomic mass is 10.2. The van der Waals surface area contributed by atoms with Gasteiger partial charge in [0.25, 0.3) is 0 Å². The first kappa shape index (κ1) is 16.4. The number of piperazine rings is 1. The summed E-state index contributed by atoms with van der Waals surface area (Å²) in [5.74, 6) is 0.732. The number of nitrogens with zero attached hydrogens (tertiary/aromatic N) is 2. The highest BCUT2D eigenvalue weighted by Crippen LogP contribution is 2.35. The lowest BCUT2D eigenvalue weighted by molar-refractivity contribution is 0.104. The van der Waals surface area contributed by atoms with Crippen LogP contribution in [0.2, 0.25) is 5.02 Å². The van der Waals surface area contributed by atoms with Crippen LogP contribution < -0.4 is 15.4 Å². The van der Waals surface area contributed by atoms with Crippen molar-refractivity contribution in [1.29, 1.82) is 0 Å². The van der Waals surface area contributed by atoms with Crippen molar-refractivity contribution >= 4 is 17.3 Å². The zero-order valence-electron chi connectivity index (χ0n) is 12.5. The third-order valence-corrected chi connectivity index (χ3v) is 4.13. The summed E-state index contributed by atoms with van der Waals surface area (Å²) in [4.78, 5) is 4.55. The highest BCUT2D eigenvalue weighted by atomic mass is 35.5. The molecule has 1 aromatic carbocycles. The monoisotopic (exact) mass is 313 g/mol. The molecule has 1 aliphatic heterocycles. The summed E-state index contributed by atoms with van der Waals surface area (Å²) in [5, 5.41) is 10.5. The molecule has 0 aromatic heterocycles. The molecule has 5 nitrogen and oxygen atoms in total. The van der Waals surface area contributed by atoms with Crippen LogP contribution >= 0.6 is 11.6 Å². The van der Waals surface area contributed by atoms with Gasteiger partial charge in [-0.25, -0.2) is 0 Å². The number of aliphatic hydroxyl groups excluding tert-OH is 1. The average Bonchev–Trinajstić information content (AvgIpc) is 2.48. The number of β-amino-alcohol motifs (C(OH)–C–C–N with tert-alkyl or cyclic N) is 1. The fraction of sp³-hybridized carbons (Fsp3) is 0.600. The van der Waals surface area contributed by atoms with Crippen molar-refractivity contribution in [2.45, 2.75) is 12.5 Å². The average molecular weight is 314 g/mol. The fourth-order valence-electron chi connectivity index (χ4n) is 2.70. The van der Waals surface area contributed by atoms with Crippen molar-refractivity contribution in [2.24, 2.45) is 5.73 Å². The third-order valence-electron chi connectivity index (χ3n) is 3.83. The fourth-order valence-corrected chi connectivity index (χ4v) is 2.95. The van der Waals surface area contributed by atoms with E-state index in [4.69, 9.17) is 22.1 Å². The Morgan fingerprint density at radius 3 is 2.67 bits per heavy atom. The van der Waals surface area contributed by atoms with E-state index in [1.807, 2.05) is 18.2 Å². The number of ether oxygens (including phenoxy) is 1. The first-order valence-corrected chi connectivity index (χ1v) is 7.71. The van der Waals surface area contributed by atoms with Gasteiger partial charge in [0.2, 0.25) is 0 Å². The second-order valence-corrected chi connectivity index (χ2v) is 5.72. The number of hydrogen-bond acceptors (Lipinski definition) is 5. The van der Waals surface area contributed by atoms with Gasteiger partial charge in [-0.05, 0) is 25.1 Å². The molecule has 0 bridgehead atoms. The summed E-state index contributed by atoms with van der Waals surface area (Å²) in [6.45, 7) is 4.84. The van der Waals surface area contributed by atoms with Gasteiger partial charge in [0.15, 0.2) is 5.75 Å². The third kappa shape index (κ3) is 4.23. The van der Waals surface area contributed by atoms with Gasteiger partial charge < -0.3 is 20.5 Å². The number of nitrogens with two attached hydrogens (primary N) is 1. The first-order chi connectivity index (χ1) is 10.2. The van der Waals surface area contributed by atoms with Gasteiger partial charge in [-0.15, -0.1) is 0 Å². The molecule has 3 N–H and O–H groups in total. The minimum absolute atomic E-state index is 0.331. The maximum absolute atomic E-state index is 9.83. The maximum atomic E-state index is 9.83. The van der Waals surface area contributed by atoms with E-state index in [0.717, 1.165) is 37.6 Å². The molecule has 1 saturated heterocycles. The van der Waals surface area contributed by atoms with E-state index in [-0.39, 0.29) is 6.10 Å². The highest BCUT2D eigenvalue weighted by Gasteiger charge is 2.21. The van der Waals surface area contributed by atoms with Crippen molar-refractivity contribution in [3.63, 3.8) is 0 Å². The van der Waals surface area contributed by atoms with Gasteiger partial charge in [0.05, 0.1) is 23.9 Å². The molecule has 0 amide bonds. The Balaban J connectivity index is 1.94. The number of benzene rings is 1. The van der Waals surface area contributed by atoms with Crippen LogP contribution in [0.5, 0.6) is 5.75 Å². The van der Waals surface area contributed by atoms with Crippen molar-refractivity contribution in [1.82, 2.24) is 4.90 Å². The van der Waals surface area contributed by atoms with E-state index in [1.165, 1.54) is 0 Å². The normalized spacial score (nSPS) is 17.8. The quantitative estimate of drug-likeness (QED) is 0.826. The van der Waals surface area contributed by atoms with Crippen LogP contribution in [0.15, 0.2) is 18.2 Å². The van der Waals surface area contributed by atoms with Gasteiger partial charge in [-0.2, -0.15) is 0 Å². The summed E-state index contributed by atoms with van der Waals surface area (Å²) < 4.78 is 5.41. The van der Waals surface area contributed by atoms with Crippen LogP contribution in [0, 0.1) is 0 Å². The number of rotatable bonds is 6. The van der Waals surface area contributed by atoms with Crippen LogP contribution in [0.3, 0.4) is 0 Å². The molecule has 6 heteroatoms. The zero-order chi connectivity index (χ0) is 15.2. The molecule has 0 saturated carbocycles. The summed E-state index contributed by atoms with van der Waals surface area (Å²) >= 11 is 6.17. The van der Waals surface area contributed by atoms with Crippen molar-refractivity contribution in [3.8, 4) is 5.75 Å². The largest absolute Gasteiger partial charge is 0.493 e. The van der Waals surface area contributed by atoms with Crippen LogP contribution in [0.25, 0.3) is 0 Å². The number of aliphatic hydroxyl groups is 1. The molecule has 1 aromatic rings. The highest BCUT2D eigenvalue weighted by molar-refractivity contribution is 6.32. The number of halogens is 1. The molecule has 1 aliphatic rings.